The number of hydrogen-bond donors (Lipinski definition) is 1. The second kappa shape index (κ2) is 5.47. The summed E-state index contributed by atoms with van der Waals surface area (Å²) < 4.78 is 36.8. The van der Waals surface area contributed by atoms with Crippen LogP contribution in [0.3, 0.4) is 0 Å². The zero-order chi connectivity index (χ0) is 18.6. The smallest absolute Gasteiger partial charge is 0.395 e. The molecule has 8 nitrogen and oxygen atoms in total. The Bertz CT molecular complexity index is 1080. The van der Waals surface area contributed by atoms with Crippen LogP contribution in [-0.2, 0) is 6.54 Å². The number of nitrogens with zero attached hydrogens (tertiary/aromatic N) is 4. The maximum Gasteiger partial charge on any atom is 0.586 e. The molecule has 1 amide bonds. The second-order valence-corrected chi connectivity index (χ2v) is 5.99. The van der Waals surface area contributed by atoms with Gasteiger partial charge in [-0.1, -0.05) is 0 Å². The van der Waals surface area contributed by atoms with Gasteiger partial charge in [0.15, 0.2) is 17.3 Å². The van der Waals surface area contributed by atoms with E-state index in [0.717, 1.165) is 0 Å². The standard InChI is InChI=1S/C17H11F2N5O3/c18-17(19)26-13-2-1-9(7-14(13)27-17)15-20-4-3-10(22-15)11-8-12-16(25)21-5-6-24(12)23-11/h1-4,7-8H,5-6H2,(H,21,25). The van der Waals surface area contributed by atoms with E-state index in [1.54, 1.807) is 22.9 Å². The molecule has 0 aliphatic carbocycles. The Labute approximate surface area is 150 Å². The Kier molecular flexibility index (Phi) is 3.17. The van der Waals surface area contributed by atoms with Crippen molar-refractivity contribution < 1.29 is 23.0 Å². The van der Waals surface area contributed by atoms with Crippen molar-refractivity contribution in [2.45, 2.75) is 12.8 Å². The lowest BCUT2D eigenvalue weighted by Gasteiger charge is -2.13. The number of hydrogen-bond acceptors (Lipinski definition) is 6. The van der Waals surface area contributed by atoms with E-state index in [9.17, 15) is 13.6 Å². The molecular weight excluding hydrogens is 360 g/mol. The van der Waals surface area contributed by atoms with Gasteiger partial charge in [-0.3, -0.25) is 9.48 Å². The van der Waals surface area contributed by atoms with E-state index >= 15 is 0 Å². The summed E-state index contributed by atoms with van der Waals surface area (Å²) in [4.78, 5) is 20.5. The Morgan fingerprint density at radius 3 is 2.81 bits per heavy atom. The van der Waals surface area contributed by atoms with Crippen LogP contribution in [0.4, 0.5) is 8.78 Å². The van der Waals surface area contributed by atoms with Gasteiger partial charge in [-0.05, 0) is 30.3 Å². The van der Waals surface area contributed by atoms with Crippen molar-refractivity contribution >= 4 is 5.91 Å². The SMILES string of the molecule is O=C1NCCn2nc(-c3ccnc(-c4ccc5c(c4)OC(F)(F)O5)n3)cc21. The molecule has 3 aromatic rings. The summed E-state index contributed by atoms with van der Waals surface area (Å²) in [6, 6.07) is 7.65. The predicted molar refractivity (Wildman–Crippen MR) is 87.2 cm³/mol. The zero-order valence-corrected chi connectivity index (χ0v) is 13.6. The van der Waals surface area contributed by atoms with E-state index < -0.39 is 6.29 Å². The van der Waals surface area contributed by atoms with Gasteiger partial charge in [-0.15, -0.1) is 8.78 Å². The van der Waals surface area contributed by atoms with E-state index in [-0.39, 0.29) is 17.4 Å². The first-order chi connectivity index (χ1) is 13.0. The lowest BCUT2D eigenvalue weighted by atomic mass is 10.2. The molecule has 27 heavy (non-hydrogen) atoms. The molecule has 1 aromatic carbocycles. The molecule has 2 aromatic heterocycles. The lowest BCUT2D eigenvalue weighted by Crippen LogP contribution is -2.35. The first kappa shape index (κ1) is 15.7. The maximum absolute atomic E-state index is 13.2. The molecule has 0 bridgehead atoms. The van der Waals surface area contributed by atoms with Crippen molar-refractivity contribution in [2.24, 2.45) is 0 Å². The molecule has 2 aliphatic heterocycles. The predicted octanol–water partition coefficient (Wildman–Crippen LogP) is 2.07. The largest absolute Gasteiger partial charge is 0.586 e. The monoisotopic (exact) mass is 371 g/mol. The van der Waals surface area contributed by atoms with E-state index in [0.29, 0.717) is 41.6 Å². The van der Waals surface area contributed by atoms with Crippen LogP contribution in [0.1, 0.15) is 10.5 Å². The van der Waals surface area contributed by atoms with Crippen molar-refractivity contribution in [1.82, 2.24) is 25.1 Å². The number of benzene rings is 1. The van der Waals surface area contributed by atoms with Crippen LogP contribution >= 0.6 is 0 Å². The molecule has 5 rings (SSSR count). The Morgan fingerprint density at radius 2 is 1.96 bits per heavy atom. The number of carbonyl (C=O) groups is 1. The van der Waals surface area contributed by atoms with Gasteiger partial charge in [-0.25, -0.2) is 9.97 Å². The number of carbonyl (C=O) groups excluding carboxylic acids is 1. The number of fused-ring (bicyclic) bond motifs is 2. The molecule has 1 N–H and O–H groups in total. The highest BCUT2D eigenvalue weighted by atomic mass is 19.3. The van der Waals surface area contributed by atoms with Crippen molar-refractivity contribution in [3.05, 3.63) is 42.2 Å². The summed E-state index contributed by atoms with van der Waals surface area (Å²) >= 11 is 0. The molecule has 0 atom stereocenters. The minimum Gasteiger partial charge on any atom is -0.395 e. The fourth-order valence-electron chi connectivity index (χ4n) is 2.99. The highest BCUT2D eigenvalue weighted by Crippen LogP contribution is 2.42. The third-order valence-electron chi connectivity index (χ3n) is 4.20. The van der Waals surface area contributed by atoms with Crippen LogP contribution in [-0.4, -0.2) is 38.5 Å². The number of halogens is 2. The van der Waals surface area contributed by atoms with Crippen molar-refractivity contribution in [3.8, 4) is 34.3 Å². The van der Waals surface area contributed by atoms with E-state index in [1.807, 2.05) is 0 Å². The van der Waals surface area contributed by atoms with Crippen LogP contribution in [0, 0.1) is 0 Å². The van der Waals surface area contributed by atoms with Gasteiger partial charge < -0.3 is 14.8 Å². The Balaban J connectivity index is 1.51. The summed E-state index contributed by atoms with van der Waals surface area (Å²) in [5.41, 5.74) is 1.98. The molecule has 4 heterocycles. The van der Waals surface area contributed by atoms with Crippen LogP contribution in [0.2, 0.25) is 0 Å². The molecule has 0 unspecified atom stereocenters. The van der Waals surface area contributed by atoms with Crippen LogP contribution < -0.4 is 14.8 Å². The van der Waals surface area contributed by atoms with Crippen LogP contribution in [0.25, 0.3) is 22.8 Å². The number of amides is 1. The quantitative estimate of drug-likeness (QED) is 0.742. The lowest BCUT2D eigenvalue weighted by molar-refractivity contribution is -0.286. The van der Waals surface area contributed by atoms with Gasteiger partial charge in [0.1, 0.15) is 11.4 Å². The van der Waals surface area contributed by atoms with E-state index in [2.05, 4.69) is 29.9 Å². The van der Waals surface area contributed by atoms with Gasteiger partial charge in [0, 0.05) is 18.3 Å². The molecule has 2 aliphatic rings. The molecule has 10 heteroatoms. The molecule has 0 spiro atoms. The molecule has 0 radical (unpaired) electrons. The number of rotatable bonds is 2. The third-order valence-corrected chi connectivity index (χ3v) is 4.20. The van der Waals surface area contributed by atoms with Crippen molar-refractivity contribution in [3.63, 3.8) is 0 Å². The van der Waals surface area contributed by atoms with Gasteiger partial charge in [0.2, 0.25) is 0 Å². The van der Waals surface area contributed by atoms with E-state index in [4.69, 9.17) is 0 Å². The van der Waals surface area contributed by atoms with Gasteiger partial charge in [-0.2, -0.15) is 5.10 Å². The Hall–Kier alpha value is -3.56. The summed E-state index contributed by atoms with van der Waals surface area (Å²) in [5, 5.41) is 7.16. The second-order valence-electron chi connectivity index (χ2n) is 5.99. The van der Waals surface area contributed by atoms with Gasteiger partial charge in [0.05, 0.1) is 12.2 Å². The zero-order valence-electron chi connectivity index (χ0n) is 13.6. The number of ether oxygens (including phenoxy) is 2. The number of alkyl halides is 2. The highest BCUT2D eigenvalue weighted by molar-refractivity contribution is 5.94. The first-order valence-corrected chi connectivity index (χ1v) is 8.08. The molecular formula is C17H11F2N5O3. The molecule has 0 saturated carbocycles. The van der Waals surface area contributed by atoms with Crippen LogP contribution in [0.15, 0.2) is 36.5 Å². The van der Waals surface area contributed by atoms with Crippen LogP contribution in [0.5, 0.6) is 11.5 Å². The Morgan fingerprint density at radius 1 is 1.11 bits per heavy atom. The summed E-state index contributed by atoms with van der Waals surface area (Å²) in [7, 11) is 0. The average Bonchev–Trinajstić information content (AvgIpc) is 3.21. The fourth-order valence-corrected chi connectivity index (χ4v) is 2.99. The van der Waals surface area contributed by atoms with Crippen molar-refractivity contribution in [2.75, 3.05) is 6.54 Å². The first-order valence-electron chi connectivity index (χ1n) is 8.08. The minimum absolute atomic E-state index is 0.0484. The molecule has 0 fully saturated rings. The molecule has 136 valence electrons. The highest BCUT2D eigenvalue weighted by Gasteiger charge is 2.43. The molecule has 0 saturated heterocycles. The number of nitrogens with one attached hydrogen (secondary N) is 1. The third kappa shape index (κ3) is 2.65. The minimum atomic E-state index is -3.68. The summed E-state index contributed by atoms with van der Waals surface area (Å²) in [6.45, 7) is 1.10. The van der Waals surface area contributed by atoms with Crippen molar-refractivity contribution in [1.29, 1.82) is 0 Å². The topological polar surface area (TPSA) is 91.2 Å². The van der Waals surface area contributed by atoms with Gasteiger partial charge >= 0.3 is 6.29 Å². The number of aromatic nitrogens is 4. The van der Waals surface area contributed by atoms with Gasteiger partial charge in [0.25, 0.3) is 5.91 Å². The summed E-state index contributed by atoms with van der Waals surface area (Å²) in [5.74, 6) is -0.0103. The maximum atomic E-state index is 13.2. The normalized spacial score (nSPS) is 16.7. The fraction of sp³-hybridized carbons (Fsp3) is 0.176. The average molecular weight is 371 g/mol. The summed E-state index contributed by atoms with van der Waals surface area (Å²) in [6.07, 6.45) is -2.14. The van der Waals surface area contributed by atoms with E-state index in [1.165, 1.54) is 18.3 Å².